The van der Waals surface area contributed by atoms with Gasteiger partial charge in [-0.1, -0.05) is 0 Å². The zero-order chi connectivity index (χ0) is 14.6. The summed E-state index contributed by atoms with van der Waals surface area (Å²) in [4.78, 5) is 24.5. The maximum Gasteiger partial charge on any atom is 0.410 e. The fourth-order valence-corrected chi connectivity index (χ4v) is 2.01. The van der Waals surface area contributed by atoms with Crippen molar-refractivity contribution in [3.8, 4) is 0 Å². The van der Waals surface area contributed by atoms with E-state index >= 15 is 0 Å². The van der Waals surface area contributed by atoms with Crippen molar-refractivity contribution in [2.45, 2.75) is 45.3 Å². The lowest BCUT2D eigenvalue weighted by Gasteiger charge is -2.24. The van der Waals surface area contributed by atoms with Crippen LogP contribution < -0.4 is 0 Å². The molecule has 0 unspecified atom stereocenters. The van der Waals surface area contributed by atoms with Crippen LogP contribution in [0.2, 0.25) is 0 Å². The SMILES string of the molecule is COC(=O)C[C@@H](O)[C@H]1CCN(C(=O)OC(C)(C)C)C1. The van der Waals surface area contributed by atoms with E-state index in [2.05, 4.69) is 4.74 Å². The van der Waals surface area contributed by atoms with E-state index in [1.54, 1.807) is 4.90 Å². The molecule has 0 aromatic rings. The second-order valence-electron chi connectivity index (χ2n) is 5.82. The first-order valence-electron chi connectivity index (χ1n) is 6.45. The first kappa shape index (κ1) is 15.8. The largest absolute Gasteiger partial charge is 0.469 e. The maximum absolute atomic E-state index is 11.8. The number of hydrogen-bond donors (Lipinski definition) is 1. The number of ether oxygens (including phenoxy) is 2. The average Bonchev–Trinajstić information content (AvgIpc) is 2.75. The van der Waals surface area contributed by atoms with Gasteiger partial charge in [-0.25, -0.2) is 4.79 Å². The number of amides is 1. The molecule has 2 atom stereocenters. The fraction of sp³-hybridized carbons (Fsp3) is 0.846. The third kappa shape index (κ3) is 5.06. The Morgan fingerprint density at radius 2 is 2.05 bits per heavy atom. The molecule has 0 radical (unpaired) electrons. The number of nitrogens with zero attached hydrogens (tertiary/aromatic N) is 1. The molecule has 1 amide bonds. The number of aliphatic hydroxyl groups excluding tert-OH is 1. The van der Waals surface area contributed by atoms with E-state index in [9.17, 15) is 14.7 Å². The number of methoxy groups -OCH3 is 1. The fourth-order valence-electron chi connectivity index (χ4n) is 2.01. The highest BCUT2D eigenvalue weighted by molar-refractivity contribution is 5.70. The van der Waals surface area contributed by atoms with E-state index in [0.717, 1.165) is 0 Å². The number of carbonyl (C=O) groups is 2. The van der Waals surface area contributed by atoms with Crippen molar-refractivity contribution in [3.05, 3.63) is 0 Å². The van der Waals surface area contributed by atoms with Gasteiger partial charge in [-0.2, -0.15) is 0 Å². The summed E-state index contributed by atoms with van der Waals surface area (Å²) in [7, 11) is 1.29. The molecule has 0 aromatic heterocycles. The van der Waals surface area contributed by atoms with Gasteiger partial charge < -0.3 is 19.5 Å². The lowest BCUT2D eigenvalue weighted by molar-refractivity contribution is -0.143. The van der Waals surface area contributed by atoms with Gasteiger partial charge in [0.25, 0.3) is 0 Å². The first-order chi connectivity index (χ1) is 8.73. The zero-order valence-corrected chi connectivity index (χ0v) is 12.0. The Morgan fingerprint density at radius 1 is 1.42 bits per heavy atom. The summed E-state index contributed by atoms with van der Waals surface area (Å²) in [5.74, 6) is -0.546. The Kier molecular flexibility index (Phi) is 5.17. The molecule has 1 N–H and O–H groups in total. The number of carbonyl (C=O) groups excluding carboxylic acids is 2. The number of likely N-dealkylation sites (tertiary alicyclic amines) is 1. The van der Waals surface area contributed by atoms with Crippen molar-refractivity contribution in [2.24, 2.45) is 5.92 Å². The summed E-state index contributed by atoms with van der Waals surface area (Å²) < 4.78 is 9.78. The normalized spacial score (nSPS) is 21.1. The molecule has 6 heteroatoms. The molecule has 0 aromatic carbocycles. The number of rotatable bonds is 3. The third-order valence-electron chi connectivity index (χ3n) is 3.02. The van der Waals surface area contributed by atoms with E-state index < -0.39 is 17.7 Å². The molecule has 0 spiro atoms. The van der Waals surface area contributed by atoms with Crippen LogP contribution in [0.25, 0.3) is 0 Å². The van der Waals surface area contributed by atoms with Gasteiger partial charge in [-0.05, 0) is 27.2 Å². The minimum Gasteiger partial charge on any atom is -0.469 e. The minimum atomic E-state index is -0.778. The third-order valence-corrected chi connectivity index (χ3v) is 3.02. The van der Waals surface area contributed by atoms with Crippen molar-refractivity contribution < 1.29 is 24.2 Å². The average molecular weight is 273 g/mol. The van der Waals surface area contributed by atoms with E-state index in [1.807, 2.05) is 20.8 Å². The Morgan fingerprint density at radius 3 is 2.58 bits per heavy atom. The van der Waals surface area contributed by atoms with Crippen LogP contribution in [0.4, 0.5) is 4.79 Å². The Labute approximate surface area is 113 Å². The summed E-state index contributed by atoms with van der Waals surface area (Å²) in [5, 5.41) is 9.90. The molecule has 0 bridgehead atoms. The predicted octanol–water partition coefficient (Wildman–Crippen LogP) is 1.17. The number of esters is 1. The second kappa shape index (κ2) is 6.23. The van der Waals surface area contributed by atoms with Crippen molar-refractivity contribution >= 4 is 12.1 Å². The summed E-state index contributed by atoms with van der Waals surface area (Å²) in [6.45, 7) is 6.38. The summed E-state index contributed by atoms with van der Waals surface area (Å²) >= 11 is 0. The van der Waals surface area contributed by atoms with Crippen molar-refractivity contribution in [3.63, 3.8) is 0 Å². The molecule has 1 heterocycles. The molecular weight excluding hydrogens is 250 g/mol. The van der Waals surface area contributed by atoms with Gasteiger partial charge in [0.05, 0.1) is 19.6 Å². The molecule has 110 valence electrons. The molecule has 1 fully saturated rings. The predicted molar refractivity (Wildman–Crippen MR) is 68.6 cm³/mol. The number of hydrogen-bond acceptors (Lipinski definition) is 5. The van der Waals surface area contributed by atoms with Gasteiger partial charge in [-0.3, -0.25) is 4.79 Å². The molecule has 1 aliphatic heterocycles. The van der Waals surface area contributed by atoms with Crippen LogP contribution >= 0.6 is 0 Å². The number of aliphatic hydroxyl groups is 1. The van der Waals surface area contributed by atoms with Crippen LogP contribution in [0.3, 0.4) is 0 Å². The zero-order valence-electron chi connectivity index (χ0n) is 12.0. The molecule has 1 rings (SSSR count). The van der Waals surface area contributed by atoms with E-state index in [-0.39, 0.29) is 18.4 Å². The van der Waals surface area contributed by atoms with Crippen LogP contribution in [-0.4, -0.2) is 54.0 Å². The lowest BCUT2D eigenvalue weighted by atomic mass is 9.99. The van der Waals surface area contributed by atoms with Crippen LogP contribution in [0.1, 0.15) is 33.6 Å². The van der Waals surface area contributed by atoms with E-state index in [0.29, 0.717) is 19.5 Å². The van der Waals surface area contributed by atoms with Gasteiger partial charge >= 0.3 is 12.1 Å². The van der Waals surface area contributed by atoms with Gasteiger partial charge in [0.2, 0.25) is 0 Å². The quantitative estimate of drug-likeness (QED) is 0.781. The van der Waals surface area contributed by atoms with Crippen molar-refractivity contribution in [1.29, 1.82) is 0 Å². The Balaban J connectivity index is 2.45. The van der Waals surface area contributed by atoms with Crippen LogP contribution in [0, 0.1) is 5.92 Å². The maximum atomic E-state index is 11.8. The molecule has 0 saturated carbocycles. The monoisotopic (exact) mass is 273 g/mol. The highest BCUT2D eigenvalue weighted by Crippen LogP contribution is 2.23. The lowest BCUT2D eigenvalue weighted by Crippen LogP contribution is -2.36. The van der Waals surface area contributed by atoms with Crippen LogP contribution in [0.15, 0.2) is 0 Å². The molecule has 6 nitrogen and oxygen atoms in total. The topological polar surface area (TPSA) is 76.1 Å². The molecule has 1 aliphatic rings. The van der Waals surface area contributed by atoms with E-state index in [1.165, 1.54) is 7.11 Å². The highest BCUT2D eigenvalue weighted by atomic mass is 16.6. The van der Waals surface area contributed by atoms with Crippen LogP contribution in [-0.2, 0) is 14.3 Å². The molecule has 0 aliphatic carbocycles. The molecule has 1 saturated heterocycles. The first-order valence-corrected chi connectivity index (χ1v) is 6.45. The van der Waals surface area contributed by atoms with Gasteiger partial charge in [0, 0.05) is 19.0 Å². The van der Waals surface area contributed by atoms with Crippen LogP contribution in [0.5, 0.6) is 0 Å². The molecular formula is C13H23NO5. The Hall–Kier alpha value is -1.30. The van der Waals surface area contributed by atoms with Crippen molar-refractivity contribution in [1.82, 2.24) is 4.90 Å². The second-order valence-corrected chi connectivity index (χ2v) is 5.82. The standard InChI is InChI=1S/C13H23NO5/c1-13(2,3)19-12(17)14-6-5-9(8-14)10(15)7-11(16)18-4/h9-10,15H,5-8H2,1-4H3/t9-,10+/m0/s1. The van der Waals surface area contributed by atoms with E-state index in [4.69, 9.17) is 4.74 Å². The van der Waals surface area contributed by atoms with Crippen molar-refractivity contribution in [2.75, 3.05) is 20.2 Å². The summed E-state index contributed by atoms with van der Waals surface area (Å²) in [6.07, 6.45) is -0.527. The Bertz CT molecular complexity index is 336. The highest BCUT2D eigenvalue weighted by Gasteiger charge is 2.34. The van der Waals surface area contributed by atoms with Gasteiger partial charge in [-0.15, -0.1) is 0 Å². The minimum absolute atomic E-state index is 0.0384. The smallest absolute Gasteiger partial charge is 0.410 e. The molecule has 19 heavy (non-hydrogen) atoms. The van der Waals surface area contributed by atoms with Gasteiger partial charge in [0.15, 0.2) is 0 Å². The van der Waals surface area contributed by atoms with Gasteiger partial charge in [0.1, 0.15) is 5.60 Å². The summed E-state index contributed by atoms with van der Waals surface area (Å²) in [5.41, 5.74) is -0.528. The summed E-state index contributed by atoms with van der Waals surface area (Å²) in [6, 6.07) is 0.